The van der Waals surface area contributed by atoms with Crippen molar-refractivity contribution in [1.82, 2.24) is 14.5 Å². The van der Waals surface area contributed by atoms with E-state index in [1.165, 1.54) is 12.3 Å². The van der Waals surface area contributed by atoms with Gasteiger partial charge in [0.05, 0.1) is 10.8 Å². The maximum atomic E-state index is 11.8. The van der Waals surface area contributed by atoms with Crippen LogP contribution in [0.25, 0.3) is 11.0 Å². The highest BCUT2D eigenvalue weighted by molar-refractivity contribution is 7.84. The van der Waals surface area contributed by atoms with Gasteiger partial charge in [0.1, 0.15) is 5.65 Å². The van der Waals surface area contributed by atoms with Gasteiger partial charge in [-0.25, -0.2) is 9.97 Å². The summed E-state index contributed by atoms with van der Waals surface area (Å²) in [5.74, 6) is 0. The van der Waals surface area contributed by atoms with Crippen molar-refractivity contribution in [3.05, 3.63) is 28.7 Å². The fourth-order valence-corrected chi connectivity index (χ4v) is 2.08. The Morgan fingerprint density at radius 1 is 1.35 bits per heavy atom. The van der Waals surface area contributed by atoms with Crippen LogP contribution in [0.4, 0.5) is 0 Å². The number of fused-ring (bicyclic) bond motifs is 1. The van der Waals surface area contributed by atoms with Crippen molar-refractivity contribution in [3.8, 4) is 0 Å². The van der Waals surface area contributed by atoms with Gasteiger partial charge in [0, 0.05) is 29.9 Å². The molecule has 2 rings (SSSR count). The zero-order chi connectivity index (χ0) is 12.6. The zero-order valence-electron chi connectivity index (χ0n) is 9.88. The van der Waals surface area contributed by atoms with Gasteiger partial charge in [-0.05, 0) is 19.9 Å². The highest BCUT2D eigenvalue weighted by atomic mass is 32.2. The maximum absolute atomic E-state index is 11.8. The van der Waals surface area contributed by atoms with Gasteiger partial charge in [-0.15, -0.1) is 0 Å². The van der Waals surface area contributed by atoms with Crippen LogP contribution in [-0.4, -0.2) is 25.0 Å². The van der Waals surface area contributed by atoms with Gasteiger partial charge in [0.15, 0.2) is 0 Å². The minimum absolute atomic E-state index is 0.000702. The summed E-state index contributed by atoms with van der Waals surface area (Å²) in [5, 5.41) is 1.02. The van der Waals surface area contributed by atoms with Crippen molar-refractivity contribution in [2.24, 2.45) is 0 Å². The average molecular weight is 251 g/mol. The van der Waals surface area contributed by atoms with E-state index in [9.17, 15) is 9.00 Å². The Morgan fingerprint density at radius 3 is 2.65 bits per heavy atom. The summed E-state index contributed by atoms with van der Waals surface area (Å²) in [6, 6.07) is 3.17. The molecule has 6 heteroatoms. The molecule has 90 valence electrons. The molecule has 0 radical (unpaired) electrons. The van der Waals surface area contributed by atoms with Crippen LogP contribution in [0.15, 0.2) is 28.3 Å². The highest BCUT2D eigenvalue weighted by Crippen LogP contribution is 2.13. The van der Waals surface area contributed by atoms with Crippen LogP contribution in [0.2, 0.25) is 0 Å². The van der Waals surface area contributed by atoms with Crippen molar-refractivity contribution < 1.29 is 4.21 Å². The molecule has 0 saturated heterocycles. The smallest absolute Gasteiger partial charge is 0.252 e. The number of rotatable bonds is 2. The van der Waals surface area contributed by atoms with Crippen molar-refractivity contribution in [1.29, 1.82) is 0 Å². The molecule has 0 saturated carbocycles. The summed E-state index contributed by atoms with van der Waals surface area (Å²) in [6.07, 6.45) is 3.11. The zero-order valence-corrected chi connectivity index (χ0v) is 10.7. The molecule has 2 aromatic rings. The van der Waals surface area contributed by atoms with E-state index in [1.807, 2.05) is 13.8 Å². The van der Waals surface area contributed by atoms with Gasteiger partial charge in [0.25, 0.3) is 5.56 Å². The minimum atomic E-state index is -1.25. The van der Waals surface area contributed by atoms with Crippen LogP contribution in [0.5, 0.6) is 0 Å². The molecule has 1 unspecified atom stereocenters. The number of pyridine rings is 1. The summed E-state index contributed by atoms with van der Waals surface area (Å²) in [7, 11) is -1.25. The lowest BCUT2D eigenvalue weighted by atomic mass is 10.3. The molecule has 0 aliphatic carbocycles. The first kappa shape index (κ1) is 11.9. The Balaban J connectivity index is 2.85. The quantitative estimate of drug-likeness (QED) is 0.750. The van der Waals surface area contributed by atoms with Gasteiger partial charge in [0.2, 0.25) is 5.16 Å². The van der Waals surface area contributed by atoms with Crippen molar-refractivity contribution in [3.63, 3.8) is 0 Å². The first-order chi connectivity index (χ1) is 8.00. The van der Waals surface area contributed by atoms with Crippen molar-refractivity contribution in [2.75, 3.05) is 6.26 Å². The molecule has 0 aromatic carbocycles. The monoisotopic (exact) mass is 251 g/mol. The SMILES string of the molecule is CC(C)n1c(=O)ccc2cnc(S(C)=O)nc21. The number of hydrogen-bond acceptors (Lipinski definition) is 4. The van der Waals surface area contributed by atoms with Crippen LogP contribution in [0, 0.1) is 0 Å². The lowest BCUT2D eigenvalue weighted by Crippen LogP contribution is -2.22. The first-order valence-corrected chi connectivity index (χ1v) is 6.78. The molecule has 0 aliphatic rings. The van der Waals surface area contributed by atoms with E-state index in [2.05, 4.69) is 9.97 Å². The second-order valence-corrected chi connectivity index (χ2v) is 5.29. The van der Waals surface area contributed by atoms with Gasteiger partial charge in [-0.2, -0.15) is 0 Å². The van der Waals surface area contributed by atoms with Crippen molar-refractivity contribution >= 4 is 21.8 Å². The van der Waals surface area contributed by atoms with E-state index in [0.717, 1.165) is 5.39 Å². The predicted molar refractivity (Wildman–Crippen MR) is 66.5 cm³/mol. The molecule has 0 fully saturated rings. The van der Waals surface area contributed by atoms with Crippen LogP contribution >= 0.6 is 0 Å². The normalized spacial score (nSPS) is 13.2. The third-order valence-electron chi connectivity index (χ3n) is 2.42. The number of nitrogens with zero attached hydrogens (tertiary/aromatic N) is 3. The van der Waals surface area contributed by atoms with E-state index in [-0.39, 0.29) is 16.8 Å². The molecule has 0 bridgehead atoms. The lowest BCUT2D eigenvalue weighted by molar-refractivity contribution is 0.592. The molecular formula is C11H13N3O2S. The molecule has 2 heterocycles. The van der Waals surface area contributed by atoms with Gasteiger partial charge < -0.3 is 0 Å². The Morgan fingerprint density at radius 2 is 2.06 bits per heavy atom. The summed E-state index contributed by atoms with van der Waals surface area (Å²) in [6.45, 7) is 3.82. The Bertz CT molecular complexity index is 649. The third-order valence-corrected chi connectivity index (χ3v) is 3.13. The Hall–Kier alpha value is -1.56. The van der Waals surface area contributed by atoms with Crippen LogP contribution < -0.4 is 5.56 Å². The molecule has 0 spiro atoms. The molecule has 0 amide bonds. The molecule has 17 heavy (non-hydrogen) atoms. The van der Waals surface area contributed by atoms with E-state index < -0.39 is 10.8 Å². The van der Waals surface area contributed by atoms with Crippen LogP contribution in [0.1, 0.15) is 19.9 Å². The predicted octanol–water partition coefficient (Wildman–Crippen LogP) is 1.11. The van der Waals surface area contributed by atoms with E-state index in [4.69, 9.17) is 0 Å². The number of aromatic nitrogens is 3. The second kappa shape index (κ2) is 4.37. The second-order valence-electron chi connectivity index (χ2n) is 4.02. The molecule has 0 N–H and O–H groups in total. The first-order valence-electron chi connectivity index (χ1n) is 5.22. The Kier molecular flexibility index (Phi) is 3.06. The van der Waals surface area contributed by atoms with E-state index in [0.29, 0.717) is 5.65 Å². The van der Waals surface area contributed by atoms with Gasteiger partial charge in [-0.3, -0.25) is 13.6 Å². The molecular weight excluding hydrogens is 238 g/mol. The molecule has 1 atom stereocenters. The van der Waals surface area contributed by atoms with Gasteiger partial charge >= 0.3 is 0 Å². The fourth-order valence-electron chi connectivity index (χ4n) is 1.66. The standard InChI is InChI=1S/C11H13N3O2S/c1-7(2)14-9(15)5-4-8-6-12-11(17(3)16)13-10(8)14/h4-7H,1-3H3. The Labute approximate surface area is 101 Å². The lowest BCUT2D eigenvalue weighted by Gasteiger charge is -2.12. The van der Waals surface area contributed by atoms with Crippen molar-refractivity contribution in [2.45, 2.75) is 25.0 Å². The summed E-state index contributed by atoms with van der Waals surface area (Å²) in [5.41, 5.74) is 0.423. The average Bonchev–Trinajstić information content (AvgIpc) is 2.27. The summed E-state index contributed by atoms with van der Waals surface area (Å²) < 4.78 is 12.9. The topological polar surface area (TPSA) is 64.8 Å². The van der Waals surface area contributed by atoms with Crippen LogP contribution in [0.3, 0.4) is 0 Å². The van der Waals surface area contributed by atoms with Gasteiger partial charge in [-0.1, -0.05) is 0 Å². The number of hydrogen-bond donors (Lipinski definition) is 0. The highest BCUT2D eigenvalue weighted by Gasteiger charge is 2.10. The summed E-state index contributed by atoms with van der Waals surface area (Å²) in [4.78, 5) is 20.0. The molecule has 2 aromatic heterocycles. The molecule has 0 aliphatic heterocycles. The molecule has 5 nitrogen and oxygen atoms in total. The van der Waals surface area contributed by atoms with E-state index >= 15 is 0 Å². The summed E-state index contributed by atoms with van der Waals surface area (Å²) >= 11 is 0. The largest absolute Gasteiger partial charge is 0.290 e. The minimum Gasteiger partial charge on any atom is -0.290 e. The van der Waals surface area contributed by atoms with E-state index in [1.54, 1.807) is 16.8 Å². The van der Waals surface area contributed by atoms with Crippen LogP contribution in [-0.2, 0) is 10.8 Å². The third kappa shape index (κ3) is 2.12. The fraction of sp³-hybridized carbons (Fsp3) is 0.364. The maximum Gasteiger partial charge on any atom is 0.252 e.